The van der Waals surface area contributed by atoms with Gasteiger partial charge in [-0.25, -0.2) is 5.11 Å². The van der Waals surface area contributed by atoms with E-state index in [1.165, 1.54) is 25.7 Å². The van der Waals surface area contributed by atoms with E-state index >= 15 is 0 Å². The fourth-order valence-corrected chi connectivity index (χ4v) is 1.66. The van der Waals surface area contributed by atoms with E-state index in [1.807, 2.05) is 6.92 Å². The molecule has 1 atom stereocenters. The fraction of sp³-hybridized carbons (Fsp3) is 1.00. The molecule has 0 aromatic carbocycles. The zero-order chi connectivity index (χ0) is 6.69. The van der Waals surface area contributed by atoms with Crippen LogP contribution < -0.4 is 0 Å². The van der Waals surface area contributed by atoms with E-state index in [4.69, 9.17) is 0 Å². The summed E-state index contributed by atoms with van der Waals surface area (Å²) in [6, 6.07) is 0. The van der Waals surface area contributed by atoms with Gasteiger partial charge in [-0.05, 0) is 25.2 Å². The maximum absolute atomic E-state index is 11.1. The van der Waals surface area contributed by atoms with Crippen molar-refractivity contribution < 1.29 is 5.11 Å². The van der Waals surface area contributed by atoms with Crippen LogP contribution in [0.3, 0.4) is 0 Å². The van der Waals surface area contributed by atoms with Crippen molar-refractivity contribution in [2.45, 2.75) is 45.1 Å². The van der Waals surface area contributed by atoms with Crippen LogP contribution in [0.4, 0.5) is 0 Å². The second-order valence-electron chi connectivity index (χ2n) is 2.99. The normalized spacial score (nSPS) is 24.7. The molecule has 9 heavy (non-hydrogen) atoms. The second-order valence-corrected chi connectivity index (χ2v) is 2.99. The second kappa shape index (κ2) is 3.21. The SMILES string of the molecule is CCC([O])C1CCCC1. The summed E-state index contributed by atoms with van der Waals surface area (Å²) in [5.41, 5.74) is 0. The molecule has 0 N–H and O–H groups in total. The molecule has 0 aliphatic heterocycles. The van der Waals surface area contributed by atoms with Gasteiger partial charge in [-0.15, -0.1) is 0 Å². The topological polar surface area (TPSA) is 19.9 Å². The Morgan fingerprint density at radius 3 is 2.44 bits per heavy atom. The van der Waals surface area contributed by atoms with Gasteiger partial charge in [-0.3, -0.25) is 0 Å². The molecule has 0 saturated heterocycles. The first-order chi connectivity index (χ1) is 4.34. The average molecular weight is 127 g/mol. The van der Waals surface area contributed by atoms with Crippen LogP contribution in [-0.4, -0.2) is 6.10 Å². The third-order valence-corrected chi connectivity index (χ3v) is 2.33. The molecule has 1 saturated carbocycles. The van der Waals surface area contributed by atoms with Gasteiger partial charge in [-0.2, -0.15) is 0 Å². The Morgan fingerprint density at radius 1 is 1.44 bits per heavy atom. The summed E-state index contributed by atoms with van der Waals surface area (Å²) in [5, 5.41) is 11.1. The molecule has 1 aliphatic rings. The van der Waals surface area contributed by atoms with Crippen molar-refractivity contribution in [1.82, 2.24) is 0 Å². The lowest BCUT2D eigenvalue weighted by molar-refractivity contribution is 0.0360. The molecule has 0 aromatic heterocycles. The Kier molecular flexibility index (Phi) is 2.52. The zero-order valence-electron chi connectivity index (χ0n) is 6.10. The Labute approximate surface area is 57.1 Å². The Hall–Kier alpha value is -0.0400. The third kappa shape index (κ3) is 1.68. The molecule has 0 amide bonds. The predicted molar refractivity (Wildman–Crippen MR) is 36.7 cm³/mol. The largest absolute Gasteiger partial charge is 0.233 e. The first kappa shape index (κ1) is 7.07. The third-order valence-electron chi connectivity index (χ3n) is 2.33. The molecule has 1 rings (SSSR count). The lowest BCUT2D eigenvalue weighted by atomic mass is 9.99. The van der Waals surface area contributed by atoms with E-state index in [-0.39, 0.29) is 6.10 Å². The van der Waals surface area contributed by atoms with E-state index in [1.54, 1.807) is 0 Å². The first-order valence-electron chi connectivity index (χ1n) is 4.00. The molecule has 1 radical (unpaired) electrons. The minimum Gasteiger partial charge on any atom is -0.233 e. The van der Waals surface area contributed by atoms with Crippen LogP contribution in [0.5, 0.6) is 0 Å². The maximum Gasteiger partial charge on any atom is 0.0955 e. The Morgan fingerprint density at radius 2 is 2.00 bits per heavy atom. The van der Waals surface area contributed by atoms with Gasteiger partial charge in [-0.1, -0.05) is 19.8 Å². The van der Waals surface area contributed by atoms with Gasteiger partial charge in [0.25, 0.3) is 0 Å². The summed E-state index contributed by atoms with van der Waals surface area (Å²) < 4.78 is 0. The first-order valence-corrected chi connectivity index (χ1v) is 4.00. The molecule has 0 spiro atoms. The molecule has 1 unspecified atom stereocenters. The zero-order valence-corrected chi connectivity index (χ0v) is 6.10. The van der Waals surface area contributed by atoms with Crippen molar-refractivity contribution in [3.63, 3.8) is 0 Å². The smallest absolute Gasteiger partial charge is 0.0955 e. The summed E-state index contributed by atoms with van der Waals surface area (Å²) >= 11 is 0. The molecule has 0 aromatic rings. The van der Waals surface area contributed by atoms with Gasteiger partial charge in [0.1, 0.15) is 0 Å². The summed E-state index contributed by atoms with van der Waals surface area (Å²) in [6.45, 7) is 2.00. The molecule has 1 heteroatoms. The lowest BCUT2D eigenvalue weighted by Crippen LogP contribution is -2.13. The van der Waals surface area contributed by atoms with Crippen molar-refractivity contribution in [1.29, 1.82) is 0 Å². The minimum atomic E-state index is -0.257. The summed E-state index contributed by atoms with van der Waals surface area (Å²) in [7, 11) is 0. The highest BCUT2D eigenvalue weighted by atomic mass is 16.3. The molecule has 53 valence electrons. The highest BCUT2D eigenvalue weighted by Gasteiger charge is 2.22. The number of hydrogen-bond donors (Lipinski definition) is 0. The molecule has 1 fully saturated rings. The molecular formula is C8H15O. The fourth-order valence-electron chi connectivity index (χ4n) is 1.66. The van der Waals surface area contributed by atoms with Gasteiger partial charge >= 0.3 is 0 Å². The maximum atomic E-state index is 11.1. The van der Waals surface area contributed by atoms with Crippen LogP contribution >= 0.6 is 0 Å². The number of rotatable bonds is 2. The van der Waals surface area contributed by atoms with Crippen LogP contribution in [0.25, 0.3) is 0 Å². The van der Waals surface area contributed by atoms with Crippen LogP contribution in [0.1, 0.15) is 39.0 Å². The van der Waals surface area contributed by atoms with Gasteiger partial charge < -0.3 is 0 Å². The van der Waals surface area contributed by atoms with Crippen molar-refractivity contribution in [2.75, 3.05) is 0 Å². The van der Waals surface area contributed by atoms with Gasteiger partial charge in [0.15, 0.2) is 0 Å². The molecule has 1 nitrogen and oxygen atoms in total. The van der Waals surface area contributed by atoms with E-state index in [0.29, 0.717) is 5.92 Å². The quantitative estimate of drug-likeness (QED) is 0.542. The van der Waals surface area contributed by atoms with Crippen LogP contribution in [0, 0.1) is 5.92 Å². The van der Waals surface area contributed by atoms with Gasteiger partial charge in [0.05, 0.1) is 6.10 Å². The van der Waals surface area contributed by atoms with E-state index < -0.39 is 0 Å². The average Bonchev–Trinajstić information content (AvgIpc) is 2.37. The van der Waals surface area contributed by atoms with E-state index in [0.717, 1.165) is 6.42 Å². The summed E-state index contributed by atoms with van der Waals surface area (Å²) in [4.78, 5) is 0. The Bertz CT molecular complexity index is 74.6. The molecule has 0 heterocycles. The van der Waals surface area contributed by atoms with Crippen molar-refractivity contribution in [2.24, 2.45) is 5.92 Å². The van der Waals surface area contributed by atoms with Crippen LogP contribution in [0.15, 0.2) is 0 Å². The summed E-state index contributed by atoms with van der Waals surface area (Å²) in [6.07, 6.45) is 5.55. The monoisotopic (exact) mass is 127 g/mol. The standard InChI is InChI=1S/C8H15O/c1-2-8(9)7-5-3-4-6-7/h7-8H,2-6H2,1H3. The minimum absolute atomic E-state index is 0.257. The van der Waals surface area contributed by atoms with Crippen LogP contribution in [0.2, 0.25) is 0 Å². The predicted octanol–water partition coefficient (Wildman–Crippen LogP) is 2.39. The van der Waals surface area contributed by atoms with Gasteiger partial charge in [0.2, 0.25) is 0 Å². The highest BCUT2D eigenvalue weighted by molar-refractivity contribution is 4.72. The molecular weight excluding hydrogens is 112 g/mol. The van der Waals surface area contributed by atoms with Crippen molar-refractivity contribution >= 4 is 0 Å². The van der Waals surface area contributed by atoms with Crippen molar-refractivity contribution in [3.8, 4) is 0 Å². The number of hydrogen-bond acceptors (Lipinski definition) is 0. The highest BCUT2D eigenvalue weighted by Crippen LogP contribution is 2.28. The van der Waals surface area contributed by atoms with E-state index in [2.05, 4.69) is 0 Å². The van der Waals surface area contributed by atoms with Crippen molar-refractivity contribution in [3.05, 3.63) is 0 Å². The van der Waals surface area contributed by atoms with Crippen LogP contribution in [-0.2, 0) is 5.11 Å². The molecule has 0 bridgehead atoms. The lowest BCUT2D eigenvalue weighted by Gasteiger charge is -2.11. The Balaban J connectivity index is 2.24. The molecule has 1 aliphatic carbocycles. The van der Waals surface area contributed by atoms with E-state index in [9.17, 15) is 5.11 Å². The van der Waals surface area contributed by atoms with Gasteiger partial charge in [0, 0.05) is 0 Å². The summed E-state index contributed by atoms with van der Waals surface area (Å²) in [5.74, 6) is 0.523.